The number of aliphatic hydroxyl groups is 1. The maximum atomic E-state index is 9.98. The van der Waals surface area contributed by atoms with E-state index >= 15 is 0 Å². The third-order valence-electron chi connectivity index (χ3n) is 2.59. The summed E-state index contributed by atoms with van der Waals surface area (Å²) in [6.07, 6.45) is 2.76. The van der Waals surface area contributed by atoms with Gasteiger partial charge in [0, 0.05) is 18.9 Å². The molecule has 0 aliphatic carbocycles. The molecule has 0 bridgehead atoms. The molecule has 2 rings (SSSR count). The first kappa shape index (κ1) is 11.2. The lowest BCUT2D eigenvalue weighted by atomic mass is 10.1. The van der Waals surface area contributed by atoms with Crippen molar-refractivity contribution in [1.82, 2.24) is 19.4 Å². The molecule has 0 spiro atoms. The predicted molar refractivity (Wildman–Crippen MR) is 61.1 cm³/mol. The lowest BCUT2D eigenvalue weighted by Crippen LogP contribution is -2.03. The Morgan fingerprint density at radius 3 is 2.94 bits per heavy atom. The van der Waals surface area contributed by atoms with Gasteiger partial charge in [0.05, 0.1) is 16.7 Å². The summed E-state index contributed by atoms with van der Waals surface area (Å²) < 4.78 is 5.64. The number of aliphatic hydroxyl groups excluding tert-OH is 1. The molecule has 86 valence electrons. The van der Waals surface area contributed by atoms with Crippen molar-refractivity contribution in [2.75, 3.05) is 0 Å². The van der Waals surface area contributed by atoms with Gasteiger partial charge < -0.3 is 5.11 Å². The summed E-state index contributed by atoms with van der Waals surface area (Å²) in [7, 11) is 1.90. The van der Waals surface area contributed by atoms with Crippen LogP contribution in [0.5, 0.6) is 0 Å². The van der Waals surface area contributed by atoms with E-state index < -0.39 is 6.10 Å². The first-order chi connectivity index (χ1) is 7.68. The van der Waals surface area contributed by atoms with Gasteiger partial charge in [-0.05, 0) is 37.4 Å². The van der Waals surface area contributed by atoms with Gasteiger partial charge in [0.1, 0.15) is 0 Å². The first-order valence-electron chi connectivity index (χ1n) is 5.12. The molecule has 1 N–H and O–H groups in total. The van der Waals surface area contributed by atoms with Gasteiger partial charge in [0.2, 0.25) is 0 Å². The van der Waals surface area contributed by atoms with E-state index in [4.69, 9.17) is 0 Å². The monoisotopic (exact) mass is 238 g/mol. The summed E-state index contributed by atoms with van der Waals surface area (Å²) in [6, 6.07) is 1.96. The smallest absolute Gasteiger partial charge is 0.0920 e. The zero-order chi connectivity index (χ0) is 11.5. The van der Waals surface area contributed by atoms with Crippen LogP contribution in [-0.4, -0.2) is 24.5 Å². The van der Waals surface area contributed by atoms with Crippen molar-refractivity contribution >= 4 is 11.5 Å². The number of nitrogens with zero attached hydrogens (tertiary/aromatic N) is 4. The van der Waals surface area contributed by atoms with E-state index in [9.17, 15) is 5.11 Å². The molecule has 2 heterocycles. The van der Waals surface area contributed by atoms with Crippen LogP contribution in [0, 0.1) is 6.92 Å². The second-order valence-corrected chi connectivity index (χ2v) is 4.51. The summed E-state index contributed by atoms with van der Waals surface area (Å²) in [5.74, 6) is 0. The summed E-state index contributed by atoms with van der Waals surface area (Å²) in [5, 5.41) is 18.0. The molecule has 0 amide bonds. The molecule has 0 aliphatic heterocycles. The average Bonchev–Trinajstić information content (AvgIpc) is 2.84. The molecule has 1 unspecified atom stereocenters. The topological polar surface area (TPSA) is 63.8 Å². The Labute approximate surface area is 97.9 Å². The number of rotatable bonds is 4. The quantitative estimate of drug-likeness (QED) is 0.870. The molecule has 0 fully saturated rings. The zero-order valence-electron chi connectivity index (χ0n) is 9.29. The molecule has 2 aromatic heterocycles. The fourth-order valence-electron chi connectivity index (χ4n) is 1.61. The van der Waals surface area contributed by atoms with Crippen molar-refractivity contribution in [1.29, 1.82) is 0 Å². The third kappa shape index (κ3) is 2.28. The lowest BCUT2D eigenvalue weighted by molar-refractivity contribution is 0.170. The summed E-state index contributed by atoms with van der Waals surface area (Å²) in [4.78, 5) is 0.863. The minimum absolute atomic E-state index is 0.477. The van der Waals surface area contributed by atoms with Gasteiger partial charge in [-0.2, -0.15) is 5.10 Å². The van der Waals surface area contributed by atoms with Crippen LogP contribution in [0.2, 0.25) is 0 Å². The highest BCUT2D eigenvalue weighted by atomic mass is 32.1. The largest absolute Gasteiger partial charge is 0.387 e. The van der Waals surface area contributed by atoms with Crippen molar-refractivity contribution in [3.63, 3.8) is 0 Å². The van der Waals surface area contributed by atoms with Crippen molar-refractivity contribution in [2.24, 2.45) is 7.05 Å². The van der Waals surface area contributed by atoms with Gasteiger partial charge >= 0.3 is 0 Å². The molecule has 0 aromatic carbocycles. The SMILES string of the molecule is Cc1nnsc1C(O)CCc1ccnn1C. The fraction of sp³-hybridized carbons (Fsp3) is 0.500. The molecule has 6 heteroatoms. The molecule has 16 heavy (non-hydrogen) atoms. The Hall–Kier alpha value is -1.27. The fourth-order valence-corrected chi connectivity index (χ4v) is 2.27. The second-order valence-electron chi connectivity index (χ2n) is 3.72. The molecular formula is C10H14N4OS. The number of aryl methyl sites for hydroxylation is 3. The van der Waals surface area contributed by atoms with Crippen molar-refractivity contribution < 1.29 is 5.11 Å². The van der Waals surface area contributed by atoms with E-state index in [2.05, 4.69) is 14.7 Å². The van der Waals surface area contributed by atoms with Crippen molar-refractivity contribution in [2.45, 2.75) is 25.9 Å². The van der Waals surface area contributed by atoms with Crippen molar-refractivity contribution in [3.8, 4) is 0 Å². The highest BCUT2D eigenvalue weighted by Gasteiger charge is 2.14. The summed E-state index contributed by atoms with van der Waals surface area (Å²) in [5.41, 5.74) is 1.94. The van der Waals surface area contributed by atoms with E-state index in [0.29, 0.717) is 6.42 Å². The van der Waals surface area contributed by atoms with Crippen LogP contribution in [0.1, 0.15) is 28.8 Å². The summed E-state index contributed by atoms with van der Waals surface area (Å²) >= 11 is 1.27. The first-order valence-corrected chi connectivity index (χ1v) is 5.89. The Morgan fingerprint density at radius 1 is 1.56 bits per heavy atom. The number of aromatic nitrogens is 4. The lowest BCUT2D eigenvalue weighted by Gasteiger charge is -2.08. The molecule has 0 radical (unpaired) electrons. The Bertz CT molecular complexity index is 465. The Morgan fingerprint density at radius 2 is 2.38 bits per heavy atom. The van der Waals surface area contributed by atoms with E-state index in [1.165, 1.54) is 11.5 Å². The molecule has 5 nitrogen and oxygen atoms in total. The normalized spacial score (nSPS) is 12.9. The number of hydrogen-bond donors (Lipinski definition) is 1. The van der Waals surface area contributed by atoms with Crippen LogP contribution >= 0.6 is 11.5 Å². The van der Waals surface area contributed by atoms with Crippen LogP contribution in [-0.2, 0) is 13.5 Å². The Balaban J connectivity index is 1.97. The summed E-state index contributed by atoms with van der Waals surface area (Å²) in [6.45, 7) is 1.87. The predicted octanol–water partition coefficient (Wildman–Crippen LogP) is 1.25. The van der Waals surface area contributed by atoms with Gasteiger partial charge in [-0.3, -0.25) is 4.68 Å². The maximum absolute atomic E-state index is 9.98. The van der Waals surface area contributed by atoms with Crippen LogP contribution in [0.15, 0.2) is 12.3 Å². The van der Waals surface area contributed by atoms with Crippen molar-refractivity contribution in [3.05, 3.63) is 28.5 Å². The highest BCUT2D eigenvalue weighted by Crippen LogP contribution is 2.23. The minimum Gasteiger partial charge on any atom is -0.387 e. The standard InChI is InChI=1S/C10H14N4OS/c1-7-10(16-13-12-7)9(15)4-3-8-5-6-11-14(8)2/h5-6,9,15H,3-4H2,1-2H3. The van der Waals surface area contributed by atoms with E-state index in [-0.39, 0.29) is 0 Å². The van der Waals surface area contributed by atoms with E-state index in [1.807, 2.05) is 24.7 Å². The van der Waals surface area contributed by atoms with Gasteiger partial charge in [-0.15, -0.1) is 5.10 Å². The average molecular weight is 238 g/mol. The molecular weight excluding hydrogens is 224 g/mol. The van der Waals surface area contributed by atoms with Crippen LogP contribution in [0.3, 0.4) is 0 Å². The minimum atomic E-state index is -0.477. The second kappa shape index (κ2) is 4.71. The van der Waals surface area contributed by atoms with Crippen LogP contribution in [0.25, 0.3) is 0 Å². The van der Waals surface area contributed by atoms with Crippen LogP contribution in [0.4, 0.5) is 0 Å². The van der Waals surface area contributed by atoms with Gasteiger partial charge in [-0.25, -0.2) is 0 Å². The van der Waals surface area contributed by atoms with Gasteiger partial charge in [0.25, 0.3) is 0 Å². The molecule has 1 atom stereocenters. The molecule has 2 aromatic rings. The molecule has 0 saturated carbocycles. The Kier molecular flexibility index (Phi) is 3.31. The maximum Gasteiger partial charge on any atom is 0.0920 e. The third-order valence-corrected chi connectivity index (χ3v) is 3.51. The van der Waals surface area contributed by atoms with Crippen LogP contribution < -0.4 is 0 Å². The zero-order valence-corrected chi connectivity index (χ0v) is 10.1. The number of hydrogen-bond acceptors (Lipinski definition) is 5. The van der Waals surface area contributed by atoms with E-state index in [0.717, 1.165) is 22.7 Å². The molecule has 0 aliphatic rings. The van der Waals surface area contributed by atoms with Gasteiger partial charge in [-0.1, -0.05) is 4.49 Å². The van der Waals surface area contributed by atoms with E-state index in [1.54, 1.807) is 6.20 Å². The van der Waals surface area contributed by atoms with Gasteiger partial charge in [0.15, 0.2) is 0 Å². The highest BCUT2D eigenvalue weighted by molar-refractivity contribution is 7.05. The molecule has 0 saturated heterocycles.